The van der Waals surface area contributed by atoms with Gasteiger partial charge in [-0.15, -0.1) is 24.0 Å². The number of likely N-dealkylation sites (tertiary alicyclic amines) is 1. The molecule has 1 aliphatic heterocycles. The molecule has 1 fully saturated rings. The third kappa shape index (κ3) is 7.89. The third-order valence-electron chi connectivity index (χ3n) is 5.16. The fraction of sp³-hybridized carbons (Fsp3) is 0.417. The van der Waals surface area contributed by atoms with Gasteiger partial charge in [0.2, 0.25) is 5.91 Å². The maximum absolute atomic E-state index is 11.9. The molecule has 174 valence electrons. The van der Waals surface area contributed by atoms with Crippen LogP contribution in [0, 0.1) is 0 Å². The number of hydrogen-bond donors (Lipinski definition) is 2. The second kappa shape index (κ2) is 13.1. The molecule has 0 spiro atoms. The summed E-state index contributed by atoms with van der Waals surface area (Å²) in [7, 11) is 3.39. The second-order valence-corrected chi connectivity index (χ2v) is 7.65. The molecule has 0 aromatic heterocycles. The highest BCUT2D eigenvalue weighted by molar-refractivity contribution is 14.0. The molecule has 1 atom stereocenters. The van der Waals surface area contributed by atoms with Crippen molar-refractivity contribution < 1.29 is 14.3 Å². The summed E-state index contributed by atoms with van der Waals surface area (Å²) in [5.74, 6) is 2.50. The Bertz CT molecular complexity index is 906. The van der Waals surface area contributed by atoms with Gasteiger partial charge in [-0.25, -0.2) is 0 Å². The lowest BCUT2D eigenvalue weighted by molar-refractivity contribution is -0.128. The van der Waals surface area contributed by atoms with E-state index in [2.05, 4.69) is 33.8 Å². The molecule has 0 bridgehead atoms. The van der Waals surface area contributed by atoms with Crippen LogP contribution in [0.2, 0.25) is 0 Å². The lowest BCUT2D eigenvalue weighted by atomic mass is 10.1. The summed E-state index contributed by atoms with van der Waals surface area (Å²) in [5.41, 5.74) is 2.30. The number of guanidine groups is 1. The summed E-state index contributed by atoms with van der Waals surface area (Å²) in [5, 5.41) is 6.63. The zero-order valence-electron chi connectivity index (χ0n) is 19.0. The Kier molecular flexibility index (Phi) is 10.6. The molecule has 0 radical (unpaired) electrons. The number of hydrogen-bond acceptors (Lipinski definition) is 4. The fourth-order valence-electron chi connectivity index (χ4n) is 3.52. The average Bonchev–Trinajstić information content (AvgIpc) is 3.18. The van der Waals surface area contributed by atoms with E-state index in [0.29, 0.717) is 32.0 Å². The van der Waals surface area contributed by atoms with Crippen molar-refractivity contribution in [2.45, 2.75) is 39.0 Å². The molecule has 0 saturated carbocycles. The summed E-state index contributed by atoms with van der Waals surface area (Å²) in [6, 6.07) is 15.9. The van der Waals surface area contributed by atoms with E-state index in [1.54, 1.807) is 14.2 Å². The van der Waals surface area contributed by atoms with Gasteiger partial charge in [0.25, 0.3) is 0 Å². The van der Waals surface area contributed by atoms with E-state index >= 15 is 0 Å². The maximum Gasteiger partial charge on any atom is 0.222 e. The van der Waals surface area contributed by atoms with Gasteiger partial charge < -0.3 is 25.0 Å². The highest BCUT2D eigenvalue weighted by Crippen LogP contribution is 2.20. The molecule has 1 unspecified atom stereocenters. The minimum Gasteiger partial charge on any atom is -0.497 e. The first kappa shape index (κ1) is 25.8. The molecule has 32 heavy (non-hydrogen) atoms. The van der Waals surface area contributed by atoms with E-state index in [4.69, 9.17) is 9.47 Å². The average molecular weight is 552 g/mol. The summed E-state index contributed by atoms with van der Waals surface area (Å²) < 4.78 is 11.2. The molecular formula is C24H33IN4O3. The number of amides is 1. The normalized spacial score (nSPS) is 14.5. The summed E-state index contributed by atoms with van der Waals surface area (Å²) in [6.45, 7) is 4.79. The van der Waals surface area contributed by atoms with E-state index in [9.17, 15) is 4.79 Å². The molecule has 1 saturated heterocycles. The number of aliphatic imine (C=N–C) groups is 1. The fourth-order valence-corrected chi connectivity index (χ4v) is 3.52. The highest BCUT2D eigenvalue weighted by atomic mass is 127. The second-order valence-electron chi connectivity index (χ2n) is 7.65. The van der Waals surface area contributed by atoms with Crippen LogP contribution < -0.4 is 20.1 Å². The summed E-state index contributed by atoms with van der Waals surface area (Å²) in [4.78, 5) is 18.1. The Morgan fingerprint density at radius 3 is 2.59 bits per heavy atom. The lowest BCUT2D eigenvalue weighted by Crippen LogP contribution is -2.41. The number of ether oxygens (including phenoxy) is 2. The van der Waals surface area contributed by atoms with Gasteiger partial charge in [0.1, 0.15) is 17.6 Å². The van der Waals surface area contributed by atoms with E-state index in [1.165, 1.54) is 0 Å². The molecule has 3 rings (SSSR count). The molecule has 2 aromatic rings. The molecule has 1 aliphatic rings. The molecular weight excluding hydrogens is 519 g/mol. The number of rotatable bonds is 9. The van der Waals surface area contributed by atoms with Gasteiger partial charge in [-0.3, -0.25) is 9.79 Å². The van der Waals surface area contributed by atoms with Crippen LogP contribution in [0.25, 0.3) is 0 Å². The minimum absolute atomic E-state index is 0. The quantitative estimate of drug-likeness (QED) is 0.283. The number of nitrogens with zero attached hydrogens (tertiary/aromatic N) is 2. The molecule has 0 aliphatic carbocycles. The first-order valence-corrected chi connectivity index (χ1v) is 10.7. The van der Waals surface area contributed by atoms with E-state index in [0.717, 1.165) is 35.6 Å². The Hall–Kier alpha value is -2.49. The topological polar surface area (TPSA) is 75.2 Å². The molecule has 1 amide bonds. The maximum atomic E-state index is 11.9. The number of nitrogens with one attached hydrogen (secondary N) is 2. The molecule has 2 aromatic carbocycles. The van der Waals surface area contributed by atoms with Crippen LogP contribution in [0.4, 0.5) is 0 Å². The lowest BCUT2D eigenvalue weighted by Gasteiger charge is -2.18. The first-order chi connectivity index (χ1) is 15.1. The van der Waals surface area contributed by atoms with Crippen LogP contribution in [0.1, 0.15) is 30.9 Å². The van der Waals surface area contributed by atoms with Gasteiger partial charge >= 0.3 is 0 Å². The third-order valence-corrected chi connectivity index (χ3v) is 5.16. The van der Waals surface area contributed by atoms with Crippen LogP contribution in [-0.2, 0) is 17.9 Å². The van der Waals surface area contributed by atoms with Crippen molar-refractivity contribution in [1.29, 1.82) is 0 Å². The zero-order chi connectivity index (χ0) is 22.1. The largest absolute Gasteiger partial charge is 0.497 e. The van der Waals surface area contributed by atoms with Crippen molar-refractivity contribution in [2.24, 2.45) is 4.99 Å². The van der Waals surface area contributed by atoms with Crippen LogP contribution >= 0.6 is 24.0 Å². The number of benzene rings is 2. The smallest absolute Gasteiger partial charge is 0.222 e. The van der Waals surface area contributed by atoms with E-state index < -0.39 is 0 Å². The van der Waals surface area contributed by atoms with Crippen LogP contribution in [0.15, 0.2) is 53.5 Å². The Morgan fingerprint density at radius 2 is 1.88 bits per heavy atom. The van der Waals surface area contributed by atoms with Crippen molar-refractivity contribution >= 4 is 35.8 Å². The van der Waals surface area contributed by atoms with Crippen LogP contribution in [0.5, 0.6) is 11.5 Å². The van der Waals surface area contributed by atoms with Crippen LogP contribution in [-0.4, -0.2) is 50.1 Å². The summed E-state index contributed by atoms with van der Waals surface area (Å²) in [6.07, 6.45) is 1.58. The Morgan fingerprint density at radius 1 is 1.12 bits per heavy atom. The first-order valence-electron chi connectivity index (χ1n) is 10.7. The monoisotopic (exact) mass is 552 g/mol. The van der Waals surface area contributed by atoms with Crippen molar-refractivity contribution in [3.05, 3.63) is 59.7 Å². The van der Waals surface area contributed by atoms with Gasteiger partial charge in [0.05, 0.1) is 13.7 Å². The predicted molar refractivity (Wildman–Crippen MR) is 138 cm³/mol. The minimum atomic E-state index is -0.0491. The zero-order valence-corrected chi connectivity index (χ0v) is 21.3. The Labute approximate surface area is 207 Å². The van der Waals surface area contributed by atoms with Crippen molar-refractivity contribution in [1.82, 2.24) is 15.5 Å². The highest BCUT2D eigenvalue weighted by Gasteiger charge is 2.19. The van der Waals surface area contributed by atoms with Crippen molar-refractivity contribution in [3.63, 3.8) is 0 Å². The number of carbonyl (C=O) groups is 1. The molecule has 7 nitrogen and oxygen atoms in total. The standard InChI is InChI=1S/C24H32N4O3.HI/c1-18(31-22-10-5-9-21(14-22)30-3)15-26-24(25-2)27-16-19-7-4-8-20(13-19)17-28-12-6-11-23(28)29;/h4-5,7-10,13-14,18H,6,11-12,15-17H2,1-3H3,(H2,25,26,27);1H. The SMILES string of the molecule is CN=C(NCc1cccc(CN2CCCC2=O)c1)NCC(C)Oc1cccc(OC)c1.I. The van der Waals surface area contributed by atoms with E-state index in [-0.39, 0.29) is 36.0 Å². The van der Waals surface area contributed by atoms with Crippen molar-refractivity contribution in [3.8, 4) is 11.5 Å². The van der Waals surface area contributed by atoms with Gasteiger partial charge in [-0.2, -0.15) is 0 Å². The van der Waals surface area contributed by atoms with Gasteiger partial charge in [0.15, 0.2) is 5.96 Å². The summed E-state index contributed by atoms with van der Waals surface area (Å²) >= 11 is 0. The predicted octanol–water partition coefficient (Wildman–Crippen LogP) is 3.57. The molecule has 1 heterocycles. The van der Waals surface area contributed by atoms with Crippen LogP contribution in [0.3, 0.4) is 0 Å². The van der Waals surface area contributed by atoms with Gasteiger partial charge in [-0.1, -0.05) is 30.3 Å². The number of carbonyl (C=O) groups excluding carboxylic acids is 1. The van der Waals surface area contributed by atoms with Gasteiger partial charge in [-0.05, 0) is 36.6 Å². The molecule has 2 N–H and O–H groups in total. The van der Waals surface area contributed by atoms with Crippen molar-refractivity contribution in [2.75, 3.05) is 27.2 Å². The van der Waals surface area contributed by atoms with E-state index in [1.807, 2.05) is 42.2 Å². The number of halogens is 1. The Balaban J connectivity index is 0.00000363. The number of methoxy groups -OCH3 is 1. The van der Waals surface area contributed by atoms with Gasteiger partial charge in [0, 0.05) is 39.2 Å². The molecule has 8 heteroatoms.